The first-order chi connectivity index (χ1) is 6.74. The molecule has 0 bridgehead atoms. The topological polar surface area (TPSA) is 29.5 Å². The van der Waals surface area contributed by atoms with Gasteiger partial charge in [-0.2, -0.15) is 11.8 Å². The summed E-state index contributed by atoms with van der Waals surface area (Å²) in [4.78, 5) is 0. The molecule has 14 heavy (non-hydrogen) atoms. The van der Waals surface area contributed by atoms with Gasteiger partial charge in [0.2, 0.25) is 0 Å². The van der Waals surface area contributed by atoms with Gasteiger partial charge < -0.3 is 9.84 Å². The largest absolute Gasteiger partial charge is 0.494 e. The molecule has 0 saturated heterocycles. The first-order valence-electron chi connectivity index (χ1n) is 4.35. The van der Waals surface area contributed by atoms with Gasteiger partial charge in [0.25, 0.3) is 0 Å². The second-order valence-electron chi connectivity index (χ2n) is 3.18. The lowest BCUT2D eigenvalue weighted by molar-refractivity contribution is 0.200. The molecule has 1 aromatic carbocycles. The maximum atomic E-state index is 13.7. The van der Waals surface area contributed by atoms with Crippen molar-refractivity contribution < 1.29 is 14.2 Å². The van der Waals surface area contributed by atoms with Gasteiger partial charge in [-0.1, -0.05) is 6.07 Å². The van der Waals surface area contributed by atoms with E-state index in [-0.39, 0.29) is 11.6 Å². The predicted molar refractivity (Wildman–Crippen MR) is 54.1 cm³/mol. The lowest BCUT2D eigenvalue weighted by atomic mass is 10.0. The van der Waals surface area contributed by atoms with Crippen molar-refractivity contribution in [2.24, 2.45) is 0 Å². The van der Waals surface area contributed by atoms with Crippen molar-refractivity contribution in [2.75, 3.05) is 12.9 Å². The summed E-state index contributed by atoms with van der Waals surface area (Å²) in [5.41, 5.74) is 1.27. The second kappa shape index (κ2) is 3.79. The summed E-state index contributed by atoms with van der Waals surface area (Å²) in [6, 6.07) is 3.30. The van der Waals surface area contributed by atoms with Gasteiger partial charge in [0.1, 0.15) is 0 Å². The lowest BCUT2D eigenvalue weighted by Gasteiger charge is -2.22. The predicted octanol–water partition coefficient (Wildman–Crippen LogP) is 2.11. The highest BCUT2D eigenvalue weighted by molar-refractivity contribution is 7.98. The Bertz CT molecular complexity index is 354. The fraction of sp³-hybridized carbons (Fsp3) is 0.400. The molecule has 1 aliphatic heterocycles. The third-order valence-electron chi connectivity index (χ3n) is 2.35. The zero-order valence-electron chi connectivity index (χ0n) is 7.79. The Kier molecular flexibility index (Phi) is 2.65. The van der Waals surface area contributed by atoms with Gasteiger partial charge in [-0.25, -0.2) is 4.39 Å². The van der Waals surface area contributed by atoms with Crippen LogP contribution in [0, 0.1) is 5.82 Å². The van der Waals surface area contributed by atoms with E-state index in [1.165, 1.54) is 18.9 Å². The maximum Gasteiger partial charge on any atom is 0.169 e. The van der Waals surface area contributed by atoms with Crippen LogP contribution in [0.4, 0.5) is 4.39 Å². The van der Waals surface area contributed by atoms with Crippen LogP contribution in [0.3, 0.4) is 0 Å². The number of methoxy groups -OCH3 is 1. The highest BCUT2D eigenvalue weighted by Gasteiger charge is 2.23. The number of rotatable bonds is 1. The number of hydrogen-bond acceptors (Lipinski definition) is 3. The zero-order valence-corrected chi connectivity index (χ0v) is 8.60. The number of aliphatic hydroxyl groups excluding tert-OH is 1. The van der Waals surface area contributed by atoms with Crippen LogP contribution in [0.1, 0.15) is 17.2 Å². The average molecular weight is 214 g/mol. The summed E-state index contributed by atoms with van der Waals surface area (Å²) in [5, 5.41) is 9.62. The van der Waals surface area contributed by atoms with E-state index in [0.717, 1.165) is 0 Å². The average Bonchev–Trinajstić information content (AvgIpc) is 2.20. The smallest absolute Gasteiger partial charge is 0.169 e. The highest BCUT2D eigenvalue weighted by atomic mass is 32.2. The van der Waals surface area contributed by atoms with Gasteiger partial charge in [-0.05, 0) is 11.6 Å². The molecule has 1 atom stereocenters. The molecular formula is C10H11FO2S. The molecule has 0 fully saturated rings. The molecule has 1 aromatic rings. The van der Waals surface area contributed by atoms with E-state index in [0.29, 0.717) is 22.6 Å². The summed E-state index contributed by atoms with van der Waals surface area (Å²) in [6.45, 7) is 0. The SMILES string of the molecule is COc1ccc2c(c1F)CSC[C@@H]2O. The van der Waals surface area contributed by atoms with Crippen molar-refractivity contribution in [1.82, 2.24) is 0 Å². The van der Waals surface area contributed by atoms with Crippen LogP contribution in [0.5, 0.6) is 5.75 Å². The van der Waals surface area contributed by atoms with Crippen LogP contribution in [-0.4, -0.2) is 18.0 Å². The highest BCUT2D eigenvalue weighted by Crippen LogP contribution is 2.36. The molecule has 1 heterocycles. The molecule has 4 heteroatoms. The monoisotopic (exact) mass is 214 g/mol. The van der Waals surface area contributed by atoms with Gasteiger partial charge in [0, 0.05) is 17.1 Å². The third-order valence-corrected chi connectivity index (χ3v) is 3.39. The van der Waals surface area contributed by atoms with Crippen LogP contribution in [-0.2, 0) is 5.75 Å². The minimum Gasteiger partial charge on any atom is -0.494 e. The summed E-state index contributed by atoms with van der Waals surface area (Å²) >= 11 is 1.53. The van der Waals surface area contributed by atoms with Crippen LogP contribution < -0.4 is 4.74 Å². The van der Waals surface area contributed by atoms with E-state index < -0.39 is 6.10 Å². The second-order valence-corrected chi connectivity index (χ2v) is 4.21. The number of hydrogen-bond donors (Lipinski definition) is 1. The van der Waals surface area contributed by atoms with Crippen molar-refractivity contribution >= 4 is 11.8 Å². The number of aliphatic hydroxyl groups is 1. The van der Waals surface area contributed by atoms with E-state index in [9.17, 15) is 9.50 Å². The Hall–Kier alpha value is -0.740. The van der Waals surface area contributed by atoms with Crippen LogP contribution in [0.15, 0.2) is 12.1 Å². The Morgan fingerprint density at radius 3 is 3.07 bits per heavy atom. The molecule has 0 amide bonds. The van der Waals surface area contributed by atoms with Gasteiger partial charge in [0.05, 0.1) is 13.2 Å². The quantitative estimate of drug-likeness (QED) is 0.776. The summed E-state index contributed by atoms with van der Waals surface area (Å²) in [5.74, 6) is 1.16. The zero-order chi connectivity index (χ0) is 10.1. The number of ether oxygens (including phenoxy) is 1. The van der Waals surface area contributed by atoms with Gasteiger partial charge in [-0.15, -0.1) is 0 Å². The molecule has 76 valence electrons. The Morgan fingerprint density at radius 1 is 1.57 bits per heavy atom. The van der Waals surface area contributed by atoms with Crippen molar-refractivity contribution in [1.29, 1.82) is 0 Å². The number of thioether (sulfide) groups is 1. The third kappa shape index (κ3) is 1.48. The first-order valence-corrected chi connectivity index (χ1v) is 5.50. The van der Waals surface area contributed by atoms with Crippen molar-refractivity contribution in [3.05, 3.63) is 29.1 Å². The van der Waals surface area contributed by atoms with Gasteiger partial charge >= 0.3 is 0 Å². The molecule has 0 radical (unpaired) electrons. The van der Waals surface area contributed by atoms with Crippen molar-refractivity contribution in [2.45, 2.75) is 11.9 Å². The summed E-state index contributed by atoms with van der Waals surface area (Å²) in [7, 11) is 1.44. The van der Waals surface area contributed by atoms with Gasteiger partial charge in [0.15, 0.2) is 11.6 Å². The fourth-order valence-electron chi connectivity index (χ4n) is 1.59. The van der Waals surface area contributed by atoms with E-state index in [1.54, 1.807) is 12.1 Å². The summed E-state index contributed by atoms with van der Waals surface area (Å²) < 4.78 is 18.6. The van der Waals surface area contributed by atoms with E-state index in [4.69, 9.17) is 4.74 Å². The molecule has 0 unspecified atom stereocenters. The standard InChI is InChI=1S/C10H11FO2S/c1-13-9-3-2-6-7(10(9)11)4-14-5-8(6)12/h2-3,8,12H,4-5H2,1H3/t8-/m0/s1. The van der Waals surface area contributed by atoms with Crippen molar-refractivity contribution in [3.63, 3.8) is 0 Å². The molecule has 1 N–H and O–H groups in total. The van der Waals surface area contributed by atoms with Crippen LogP contribution in [0.25, 0.3) is 0 Å². The van der Waals surface area contributed by atoms with Gasteiger partial charge in [-0.3, -0.25) is 0 Å². The number of fused-ring (bicyclic) bond motifs is 1. The van der Waals surface area contributed by atoms with Crippen LogP contribution in [0.2, 0.25) is 0 Å². The minimum atomic E-state index is -0.552. The number of benzene rings is 1. The minimum absolute atomic E-state index is 0.249. The number of halogens is 1. The molecule has 1 aliphatic rings. The molecule has 0 aliphatic carbocycles. The molecule has 0 aromatic heterocycles. The normalized spacial score (nSPS) is 20.4. The fourth-order valence-corrected chi connectivity index (χ4v) is 2.61. The molecular weight excluding hydrogens is 203 g/mol. The molecule has 2 nitrogen and oxygen atoms in total. The first kappa shape index (κ1) is 9.80. The van der Waals surface area contributed by atoms with Crippen molar-refractivity contribution in [3.8, 4) is 5.75 Å². The maximum absolute atomic E-state index is 13.7. The molecule has 0 spiro atoms. The Labute approximate surface area is 86.1 Å². The Balaban J connectivity index is 2.52. The Morgan fingerprint density at radius 2 is 2.36 bits per heavy atom. The molecule has 2 rings (SSSR count). The van der Waals surface area contributed by atoms with E-state index in [2.05, 4.69) is 0 Å². The lowest BCUT2D eigenvalue weighted by Crippen LogP contribution is -2.12. The van der Waals surface area contributed by atoms with E-state index >= 15 is 0 Å². The molecule has 0 saturated carbocycles. The van der Waals surface area contributed by atoms with E-state index in [1.807, 2.05) is 0 Å². The van der Waals surface area contributed by atoms with Crippen LogP contribution >= 0.6 is 11.8 Å². The summed E-state index contributed by atoms with van der Waals surface area (Å²) in [6.07, 6.45) is -0.552.